The van der Waals surface area contributed by atoms with Gasteiger partial charge in [-0.25, -0.2) is 0 Å². The third-order valence-corrected chi connectivity index (χ3v) is 3.80. The van der Waals surface area contributed by atoms with E-state index in [-0.39, 0.29) is 17.9 Å². The monoisotopic (exact) mass is 291 g/mol. The number of nitrogens with one attached hydrogen (secondary N) is 1. The Morgan fingerprint density at radius 3 is 2.62 bits per heavy atom. The van der Waals surface area contributed by atoms with Crippen molar-refractivity contribution in [3.63, 3.8) is 0 Å². The second-order valence-electron chi connectivity index (χ2n) is 5.30. The molecule has 1 saturated carbocycles. The van der Waals surface area contributed by atoms with E-state index in [1.165, 1.54) is 0 Å². The van der Waals surface area contributed by atoms with Crippen LogP contribution in [0.2, 0.25) is 0 Å². The zero-order chi connectivity index (χ0) is 15.2. The molecule has 0 spiro atoms. The third-order valence-electron chi connectivity index (χ3n) is 3.80. The molecule has 1 amide bonds. The molecule has 1 aromatic rings. The number of hydrogen-bond acceptors (Lipinski definition) is 3. The molecule has 1 aromatic carbocycles. The van der Waals surface area contributed by atoms with Gasteiger partial charge in [0.05, 0.1) is 5.92 Å². The first kappa shape index (κ1) is 15.5. The molecule has 21 heavy (non-hydrogen) atoms. The standard InChI is InChI=1S/C16H21NO4/c1-2-21-14(11-6-4-3-5-7-11)15(18)17-13-9-8-12(10-13)16(19)20/h3-7,12-14H,2,8-10H2,1H3,(H,17,18)(H,19,20)/t12-,13+,14?/m1/s1. The second kappa shape index (κ2) is 7.22. The summed E-state index contributed by atoms with van der Waals surface area (Å²) in [6.45, 7) is 2.29. The molecule has 2 rings (SSSR count). The lowest BCUT2D eigenvalue weighted by molar-refractivity contribution is -0.141. The average molecular weight is 291 g/mol. The fourth-order valence-corrected chi connectivity index (χ4v) is 2.73. The molecule has 0 aliphatic heterocycles. The van der Waals surface area contributed by atoms with Crippen molar-refractivity contribution in [2.75, 3.05) is 6.61 Å². The van der Waals surface area contributed by atoms with E-state index in [2.05, 4.69) is 5.32 Å². The summed E-state index contributed by atoms with van der Waals surface area (Å²) in [5.74, 6) is -1.33. The number of carbonyl (C=O) groups excluding carboxylic acids is 1. The van der Waals surface area contributed by atoms with Crippen molar-refractivity contribution in [3.8, 4) is 0 Å². The molecule has 1 fully saturated rings. The molecular formula is C16H21NO4. The van der Waals surface area contributed by atoms with Crippen molar-refractivity contribution in [1.82, 2.24) is 5.32 Å². The first-order valence-electron chi connectivity index (χ1n) is 7.31. The van der Waals surface area contributed by atoms with E-state index in [1.54, 1.807) is 0 Å². The van der Waals surface area contributed by atoms with Gasteiger partial charge in [-0.3, -0.25) is 9.59 Å². The summed E-state index contributed by atoms with van der Waals surface area (Å²) in [6.07, 6.45) is 1.18. The van der Waals surface area contributed by atoms with Crippen molar-refractivity contribution < 1.29 is 19.4 Å². The topological polar surface area (TPSA) is 75.6 Å². The normalized spacial score (nSPS) is 22.7. The molecule has 0 saturated heterocycles. The molecule has 0 heterocycles. The van der Waals surface area contributed by atoms with Crippen molar-refractivity contribution in [2.45, 2.75) is 38.3 Å². The van der Waals surface area contributed by atoms with Crippen LogP contribution in [-0.4, -0.2) is 29.6 Å². The minimum atomic E-state index is -0.781. The lowest BCUT2D eigenvalue weighted by atomic mass is 10.1. The first-order chi connectivity index (χ1) is 10.1. The summed E-state index contributed by atoms with van der Waals surface area (Å²) in [4.78, 5) is 23.3. The van der Waals surface area contributed by atoms with Gasteiger partial charge in [0.25, 0.3) is 5.91 Å². The Morgan fingerprint density at radius 1 is 1.33 bits per heavy atom. The summed E-state index contributed by atoms with van der Waals surface area (Å²) in [5.41, 5.74) is 0.810. The molecule has 0 radical (unpaired) electrons. The Labute approximate surface area is 124 Å². The Hall–Kier alpha value is -1.88. The molecule has 114 valence electrons. The fourth-order valence-electron chi connectivity index (χ4n) is 2.73. The van der Waals surface area contributed by atoms with E-state index in [1.807, 2.05) is 37.3 Å². The van der Waals surface area contributed by atoms with E-state index in [4.69, 9.17) is 9.84 Å². The van der Waals surface area contributed by atoms with Crippen LogP contribution in [0.15, 0.2) is 30.3 Å². The van der Waals surface area contributed by atoms with Crippen LogP contribution in [0.1, 0.15) is 37.9 Å². The Bertz CT molecular complexity index is 488. The lowest BCUT2D eigenvalue weighted by Gasteiger charge is -2.20. The minimum absolute atomic E-state index is 0.0785. The molecule has 5 heteroatoms. The second-order valence-corrected chi connectivity index (χ2v) is 5.30. The zero-order valence-electron chi connectivity index (χ0n) is 12.1. The fraction of sp³-hybridized carbons (Fsp3) is 0.500. The van der Waals surface area contributed by atoms with Crippen LogP contribution < -0.4 is 5.32 Å². The van der Waals surface area contributed by atoms with Crippen molar-refractivity contribution >= 4 is 11.9 Å². The predicted molar refractivity (Wildman–Crippen MR) is 77.7 cm³/mol. The molecule has 0 bridgehead atoms. The molecule has 3 atom stereocenters. The van der Waals surface area contributed by atoms with Crippen LogP contribution in [0, 0.1) is 5.92 Å². The van der Waals surface area contributed by atoms with E-state index in [0.717, 1.165) is 5.56 Å². The molecule has 2 N–H and O–H groups in total. The number of carboxylic acids is 1. The Kier molecular flexibility index (Phi) is 5.33. The Morgan fingerprint density at radius 2 is 2.05 bits per heavy atom. The number of aliphatic carboxylic acids is 1. The van der Waals surface area contributed by atoms with Gasteiger partial charge in [0.1, 0.15) is 0 Å². The van der Waals surface area contributed by atoms with Crippen LogP contribution in [-0.2, 0) is 14.3 Å². The van der Waals surface area contributed by atoms with Gasteiger partial charge in [-0.15, -0.1) is 0 Å². The molecule has 1 unspecified atom stereocenters. The number of carboxylic acid groups (broad SMARTS) is 1. The number of carbonyl (C=O) groups is 2. The molecule has 1 aliphatic carbocycles. The van der Waals surface area contributed by atoms with Crippen molar-refractivity contribution in [1.29, 1.82) is 0 Å². The maximum atomic E-state index is 12.4. The summed E-state index contributed by atoms with van der Waals surface area (Å²) in [6, 6.07) is 9.25. The number of hydrogen-bond donors (Lipinski definition) is 2. The molecule has 0 aromatic heterocycles. The largest absolute Gasteiger partial charge is 0.481 e. The summed E-state index contributed by atoms with van der Waals surface area (Å²) in [5, 5.41) is 11.9. The summed E-state index contributed by atoms with van der Waals surface area (Å²) >= 11 is 0. The summed E-state index contributed by atoms with van der Waals surface area (Å²) < 4.78 is 5.55. The van der Waals surface area contributed by atoms with Crippen LogP contribution >= 0.6 is 0 Å². The van der Waals surface area contributed by atoms with Crippen molar-refractivity contribution in [2.24, 2.45) is 5.92 Å². The van der Waals surface area contributed by atoms with Gasteiger partial charge in [-0.1, -0.05) is 30.3 Å². The zero-order valence-corrected chi connectivity index (χ0v) is 12.1. The highest BCUT2D eigenvalue weighted by Gasteiger charge is 2.32. The van der Waals surface area contributed by atoms with E-state index in [9.17, 15) is 9.59 Å². The summed E-state index contributed by atoms with van der Waals surface area (Å²) in [7, 11) is 0. The maximum absolute atomic E-state index is 12.4. The highest BCUT2D eigenvalue weighted by Crippen LogP contribution is 2.27. The molecular weight excluding hydrogens is 270 g/mol. The minimum Gasteiger partial charge on any atom is -0.481 e. The van der Waals surface area contributed by atoms with Gasteiger partial charge in [0.2, 0.25) is 0 Å². The third kappa shape index (κ3) is 4.04. The highest BCUT2D eigenvalue weighted by atomic mass is 16.5. The van der Waals surface area contributed by atoms with Gasteiger partial charge in [-0.2, -0.15) is 0 Å². The smallest absolute Gasteiger partial charge is 0.306 e. The van der Waals surface area contributed by atoms with Crippen molar-refractivity contribution in [3.05, 3.63) is 35.9 Å². The predicted octanol–water partition coefficient (Wildman–Crippen LogP) is 2.13. The number of amides is 1. The van der Waals surface area contributed by atoms with Crippen LogP contribution in [0.3, 0.4) is 0 Å². The number of benzene rings is 1. The Balaban J connectivity index is 1.98. The van der Waals surface area contributed by atoms with E-state index in [0.29, 0.717) is 25.9 Å². The van der Waals surface area contributed by atoms with E-state index < -0.39 is 12.1 Å². The van der Waals surface area contributed by atoms with Gasteiger partial charge >= 0.3 is 5.97 Å². The first-order valence-corrected chi connectivity index (χ1v) is 7.31. The quantitative estimate of drug-likeness (QED) is 0.842. The highest BCUT2D eigenvalue weighted by molar-refractivity contribution is 5.82. The van der Waals surface area contributed by atoms with Gasteiger partial charge in [0.15, 0.2) is 6.10 Å². The average Bonchev–Trinajstić information content (AvgIpc) is 2.94. The number of rotatable bonds is 6. The van der Waals surface area contributed by atoms with E-state index >= 15 is 0 Å². The van der Waals surface area contributed by atoms with Gasteiger partial charge in [0, 0.05) is 12.6 Å². The molecule has 1 aliphatic rings. The SMILES string of the molecule is CCOC(C(=O)N[C@H]1CC[C@@H](C(=O)O)C1)c1ccccc1. The maximum Gasteiger partial charge on any atom is 0.306 e. The van der Waals surface area contributed by atoms with Gasteiger partial charge in [-0.05, 0) is 31.7 Å². The van der Waals surface area contributed by atoms with Crippen LogP contribution in [0.25, 0.3) is 0 Å². The van der Waals surface area contributed by atoms with Gasteiger partial charge < -0.3 is 15.2 Å². The lowest BCUT2D eigenvalue weighted by Crippen LogP contribution is -2.37. The van der Waals surface area contributed by atoms with Crippen LogP contribution in [0.5, 0.6) is 0 Å². The van der Waals surface area contributed by atoms with Crippen LogP contribution in [0.4, 0.5) is 0 Å². The number of ether oxygens (including phenoxy) is 1. The molecule has 5 nitrogen and oxygen atoms in total.